The van der Waals surface area contributed by atoms with Crippen molar-refractivity contribution in [1.82, 2.24) is 0 Å². The largest absolute Gasteiger partial charge is 0.493 e. The Morgan fingerprint density at radius 3 is 2.61 bits per heavy atom. The molecule has 1 rings (SSSR count). The van der Waals surface area contributed by atoms with Crippen LogP contribution in [-0.2, 0) is 0 Å². The van der Waals surface area contributed by atoms with Crippen molar-refractivity contribution in [2.75, 3.05) is 6.61 Å². The molecule has 0 unspecified atom stereocenters. The normalized spacial score (nSPS) is 10.4. The second-order valence-electron chi connectivity index (χ2n) is 4.42. The first-order chi connectivity index (χ1) is 8.45. The highest BCUT2D eigenvalue weighted by Gasteiger charge is 2.16. The number of carbonyl (C=O) groups excluding carboxylic acids is 1. The molecule has 0 saturated carbocycles. The third-order valence-electron chi connectivity index (χ3n) is 2.37. The Hall–Kier alpha value is -1.91. The van der Waals surface area contributed by atoms with Gasteiger partial charge in [-0.2, -0.15) is 0 Å². The van der Waals surface area contributed by atoms with Gasteiger partial charge in [-0.25, -0.2) is 0 Å². The first-order valence-corrected chi connectivity index (χ1v) is 5.90. The van der Waals surface area contributed by atoms with E-state index >= 15 is 0 Å². The summed E-state index contributed by atoms with van der Waals surface area (Å²) in [7, 11) is 0. The van der Waals surface area contributed by atoms with Crippen molar-refractivity contribution >= 4 is 11.5 Å². The number of nitro benzene ring substituents is 1. The van der Waals surface area contributed by atoms with Gasteiger partial charge in [0.2, 0.25) is 0 Å². The molecule has 0 atom stereocenters. The molecule has 5 heteroatoms. The van der Waals surface area contributed by atoms with Crippen molar-refractivity contribution in [2.24, 2.45) is 5.92 Å². The van der Waals surface area contributed by atoms with Gasteiger partial charge in [0.05, 0.1) is 17.1 Å². The van der Waals surface area contributed by atoms with Crippen molar-refractivity contribution in [1.29, 1.82) is 0 Å². The van der Waals surface area contributed by atoms with Crippen molar-refractivity contribution in [3.63, 3.8) is 0 Å². The van der Waals surface area contributed by atoms with Crippen LogP contribution in [0, 0.1) is 16.0 Å². The number of ketones is 1. The zero-order valence-corrected chi connectivity index (χ0v) is 10.8. The molecular weight excluding hydrogens is 234 g/mol. The molecule has 0 spiro atoms. The summed E-state index contributed by atoms with van der Waals surface area (Å²) in [6, 6.07) is 4.12. The van der Waals surface area contributed by atoms with E-state index in [2.05, 4.69) is 0 Å². The van der Waals surface area contributed by atoms with E-state index in [0.29, 0.717) is 24.7 Å². The Kier molecular flexibility index (Phi) is 4.83. The smallest absolute Gasteiger partial charge is 0.270 e. The van der Waals surface area contributed by atoms with Gasteiger partial charge in [0.1, 0.15) is 5.75 Å². The van der Waals surface area contributed by atoms with Crippen LogP contribution in [0.15, 0.2) is 18.2 Å². The molecule has 0 aliphatic carbocycles. The number of nitro groups is 1. The highest BCUT2D eigenvalue weighted by molar-refractivity contribution is 5.99. The number of hydrogen-bond donors (Lipinski definition) is 0. The third-order valence-corrected chi connectivity index (χ3v) is 2.37. The second-order valence-corrected chi connectivity index (χ2v) is 4.42. The van der Waals surface area contributed by atoms with Gasteiger partial charge in [0.25, 0.3) is 5.69 Å². The summed E-state index contributed by atoms with van der Waals surface area (Å²) in [6.45, 7) is 6.18. The van der Waals surface area contributed by atoms with E-state index in [1.807, 2.05) is 13.8 Å². The lowest BCUT2D eigenvalue weighted by atomic mass is 10.1. The maximum Gasteiger partial charge on any atom is 0.270 e. The SMILES string of the molecule is CCC(=O)c1cc([N+](=O)[O-])ccc1OCC(C)C. The summed E-state index contributed by atoms with van der Waals surface area (Å²) in [5.74, 6) is 0.586. The number of Topliss-reactive ketones (excluding diaryl/α,β-unsaturated/α-hetero) is 1. The van der Waals surface area contributed by atoms with Gasteiger partial charge < -0.3 is 4.74 Å². The van der Waals surface area contributed by atoms with Crippen LogP contribution in [0.5, 0.6) is 5.75 Å². The maximum atomic E-state index is 11.8. The molecule has 1 aromatic rings. The predicted octanol–water partition coefficient (Wildman–Crippen LogP) is 3.22. The first-order valence-electron chi connectivity index (χ1n) is 5.90. The molecule has 0 amide bonds. The predicted molar refractivity (Wildman–Crippen MR) is 68.1 cm³/mol. The number of non-ortho nitro benzene ring substituents is 1. The third kappa shape index (κ3) is 3.55. The van der Waals surface area contributed by atoms with Crippen LogP contribution in [0.2, 0.25) is 0 Å². The quantitative estimate of drug-likeness (QED) is 0.442. The minimum atomic E-state index is -0.515. The highest BCUT2D eigenvalue weighted by atomic mass is 16.6. The summed E-state index contributed by atoms with van der Waals surface area (Å²) < 4.78 is 5.51. The minimum Gasteiger partial charge on any atom is -0.493 e. The standard InChI is InChI=1S/C13H17NO4/c1-4-12(15)11-7-10(14(16)17)5-6-13(11)18-8-9(2)3/h5-7,9H,4,8H2,1-3H3. The van der Waals surface area contributed by atoms with E-state index in [-0.39, 0.29) is 17.0 Å². The Balaban J connectivity index is 3.08. The van der Waals surface area contributed by atoms with Crippen LogP contribution >= 0.6 is 0 Å². The molecule has 1 aromatic carbocycles. The van der Waals surface area contributed by atoms with Crippen molar-refractivity contribution in [3.8, 4) is 5.75 Å². The van der Waals surface area contributed by atoms with Crippen LogP contribution in [0.25, 0.3) is 0 Å². The average Bonchev–Trinajstić information content (AvgIpc) is 2.34. The molecule has 0 N–H and O–H groups in total. The number of nitrogens with zero attached hydrogens (tertiary/aromatic N) is 1. The molecule has 18 heavy (non-hydrogen) atoms. The van der Waals surface area contributed by atoms with E-state index in [9.17, 15) is 14.9 Å². The first kappa shape index (κ1) is 14.2. The monoisotopic (exact) mass is 251 g/mol. The second kappa shape index (κ2) is 6.14. The summed E-state index contributed by atoms with van der Waals surface area (Å²) >= 11 is 0. The van der Waals surface area contributed by atoms with Gasteiger partial charge in [0, 0.05) is 18.6 Å². The molecule has 0 saturated heterocycles. The molecule has 98 valence electrons. The summed E-state index contributed by atoms with van der Waals surface area (Å²) in [6.07, 6.45) is 0.291. The van der Waals surface area contributed by atoms with Gasteiger partial charge in [-0.3, -0.25) is 14.9 Å². The zero-order valence-electron chi connectivity index (χ0n) is 10.8. The lowest BCUT2D eigenvalue weighted by Crippen LogP contribution is -2.09. The molecule has 0 bridgehead atoms. The number of benzene rings is 1. The fraction of sp³-hybridized carbons (Fsp3) is 0.462. The Labute approximate surface area is 106 Å². The van der Waals surface area contributed by atoms with Crippen molar-refractivity contribution < 1.29 is 14.5 Å². The molecule has 0 fully saturated rings. The fourth-order valence-corrected chi connectivity index (χ4v) is 1.42. The molecule has 0 aliphatic rings. The molecule has 0 aromatic heterocycles. The topological polar surface area (TPSA) is 69.4 Å². The number of ether oxygens (including phenoxy) is 1. The van der Waals surface area contributed by atoms with Crippen molar-refractivity contribution in [2.45, 2.75) is 27.2 Å². The van der Waals surface area contributed by atoms with Gasteiger partial charge in [-0.15, -0.1) is 0 Å². The summed E-state index contributed by atoms with van der Waals surface area (Å²) in [5, 5.41) is 10.7. The van der Waals surface area contributed by atoms with E-state index in [0.717, 1.165) is 0 Å². The maximum absolute atomic E-state index is 11.8. The Morgan fingerprint density at radius 2 is 2.11 bits per heavy atom. The summed E-state index contributed by atoms with van der Waals surface area (Å²) in [5.41, 5.74) is 0.191. The molecule has 0 heterocycles. The Morgan fingerprint density at radius 1 is 1.44 bits per heavy atom. The lowest BCUT2D eigenvalue weighted by molar-refractivity contribution is -0.384. The highest BCUT2D eigenvalue weighted by Crippen LogP contribution is 2.25. The van der Waals surface area contributed by atoms with Crippen LogP contribution in [0.1, 0.15) is 37.6 Å². The molecular formula is C13H17NO4. The van der Waals surface area contributed by atoms with Gasteiger partial charge in [0.15, 0.2) is 5.78 Å². The molecule has 0 aliphatic heterocycles. The summed E-state index contributed by atoms with van der Waals surface area (Å²) in [4.78, 5) is 21.9. The van der Waals surface area contributed by atoms with E-state index in [4.69, 9.17) is 4.74 Å². The number of rotatable bonds is 6. The van der Waals surface area contributed by atoms with Gasteiger partial charge in [-0.1, -0.05) is 20.8 Å². The van der Waals surface area contributed by atoms with Crippen LogP contribution in [0.3, 0.4) is 0 Å². The fourth-order valence-electron chi connectivity index (χ4n) is 1.42. The van der Waals surface area contributed by atoms with Gasteiger partial charge in [-0.05, 0) is 12.0 Å². The Bertz CT molecular complexity index is 454. The van der Waals surface area contributed by atoms with E-state index < -0.39 is 4.92 Å². The zero-order chi connectivity index (χ0) is 13.7. The van der Waals surface area contributed by atoms with E-state index in [1.54, 1.807) is 6.92 Å². The molecule has 0 radical (unpaired) electrons. The number of carbonyl (C=O) groups is 1. The van der Waals surface area contributed by atoms with Gasteiger partial charge >= 0.3 is 0 Å². The van der Waals surface area contributed by atoms with Crippen LogP contribution < -0.4 is 4.74 Å². The van der Waals surface area contributed by atoms with Crippen molar-refractivity contribution in [3.05, 3.63) is 33.9 Å². The lowest BCUT2D eigenvalue weighted by Gasteiger charge is -2.12. The van der Waals surface area contributed by atoms with Crippen LogP contribution in [0.4, 0.5) is 5.69 Å². The van der Waals surface area contributed by atoms with E-state index in [1.165, 1.54) is 18.2 Å². The molecule has 5 nitrogen and oxygen atoms in total. The number of hydrogen-bond acceptors (Lipinski definition) is 4. The average molecular weight is 251 g/mol. The van der Waals surface area contributed by atoms with Crippen LogP contribution in [-0.4, -0.2) is 17.3 Å². The minimum absolute atomic E-state index is 0.0938.